The Morgan fingerprint density at radius 2 is 2.08 bits per heavy atom. The molecule has 0 aromatic heterocycles. The summed E-state index contributed by atoms with van der Waals surface area (Å²) < 4.78 is 5.18. The van der Waals surface area contributed by atoms with Gasteiger partial charge in [-0.2, -0.15) is 0 Å². The summed E-state index contributed by atoms with van der Waals surface area (Å²) in [5.41, 5.74) is -0.549. The normalized spacial score (nSPS) is 33.8. The van der Waals surface area contributed by atoms with Gasteiger partial charge in [0, 0.05) is 26.4 Å². The lowest BCUT2D eigenvalue weighted by Gasteiger charge is -2.04. The minimum absolute atomic E-state index is 0.0451. The highest BCUT2D eigenvalue weighted by Crippen LogP contribution is 2.36. The summed E-state index contributed by atoms with van der Waals surface area (Å²) >= 11 is 0. The van der Waals surface area contributed by atoms with Gasteiger partial charge in [-0.15, -0.1) is 0 Å². The molecule has 0 aromatic rings. The van der Waals surface area contributed by atoms with E-state index in [2.05, 4.69) is 0 Å². The monoisotopic (exact) mass is 169 g/mol. The Balaban J connectivity index is 2.50. The van der Waals surface area contributed by atoms with Crippen molar-refractivity contribution in [1.82, 2.24) is 4.90 Å². The summed E-state index contributed by atoms with van der Waals surface area (Å²) in [5.74, 6) is 0.0451. The van der Waals surface area contributed by atoms with Gasteiger partial charge in [-0.25, -0.2) is 0 Å². The first kappa shape index (κ1) is 9.26. The van der Waals surface area contributed by atoms with Gasteiger partial charge in [-0.05, 0) is 13.8 Å². The van der Waals surface area contributed by atoms with E-state index in [1.807, 2.05) is 32.8 Å². The molecule has 0 saturated carbocycles. The molecule has 1 heterocycles. The average molecular weight is 169 g/mol. The molecule has 1 saturated heterocycles. The second-order valence-corrected chi connectivity index (χ2v) is 3.51. The van der Waals surface area contributed by atoms with Crippen LogP contribution in [0, 0.1) is 0 Å². The van der Waals surface area contributed by atoms with Gasteiger partial charge in [-0.1, -0.05) is 0 Å². The van der Waals surface area contributed by atoms with Crippen molar-refractivity contribution in [2.75, 3.05) is 14.1 Å². The Morgan fingerprint density at radius 3 is 2.42 bits per heavy atom. The van der Waals surface area contributed by atoms with Crippen LogP contribution in [0.5, 0.6) is 0 Å². The summed E-state index contributed by atoms with van der Waals surface area (Å²) in [4.78, 5) is 13.2. The first-order chi connectivity index (χ1) is 5.47. The Morgan fingerprint density at radius 1 is 1.58 bits per heavy atom. The highest BCUT2D eigenvalue weighted by molar-refractivity contribution is 5.99. The van der Waals surface area contributed by atoms with Crippen LogP contribution in [-0.4, -0.2) is 36.5 Å². The quantitative estimate of drug-likeness (QED) is 0.463. The number of carbonyl (C=O) groups is 1. The molecule has 0 aliphatic carbocycles. The summed E-state index contributed by atoms with van der Waals surface area (Å²) in [5, 5.41) is 0. The number of nitrogens with zero attached hydrogens (tertiary/aromatic N) is 1. The molecule has 0 amide bonds. The smallest absolute Gasteiger partial charge is 0.191 e. The van der Waals surface area contributed by atoms with Crippen LogP contribution in [-0.2, 0) is 9.53 Å². The van der Waals surface area contributed by atoms with E-state index in [1.54, 1.807) is 12.3 Å². The highest BCUT2D eigenvalue weighted by atomic mass is 16.6. The van der Waals surface area contributed by atoms with Gasteiger partial charge in [0.2, 0.25) is 0 Å². The molecule has 2 atom stereocenters. The zero-order valence-corrected chi connectivity index (χ0v) is 8.00. The van der Waals surface area contributed by atoms with Crippen LogP contribution in [0.3, 0.4) is 0 Å². The molecule has 0 aromatic carbocycles. The first-order valence-corrected chi connectivity index (χ1v) is 4.03. The molecule has 1 fully saturated rings. The van der Waals surface area contributed by atoms with Crippen LogP contribution in [0.25, 0.3) is 0 Å². The maximum absolute atomic E-state index is 11.4. The fraction of sp³-hybridized carbons (Fsp3) is 0.667. The average Bonchev–Trinajstić information content (AvgIpc) is 2.56. The number of ether oxygens (including phenoxy) is 1. The lowest BCUT2D eigenvalue weighted by atomic mass is 10.0. The fourth-order valence-electron chi connectivity index (χ4n) is 0.974. The number of carbonyl (C=O) groups excluding carboxylic acids is 1. The van der Waals surface area contributed by atoms with Crippen molar-refractivity contribution in [2.24, 2.45) is 0 Å². The Labute approximate surface area is 73.0 Å². The minimum atomic E-state index is -0.549. The van der Waals surface area contributed by atoms with Gasteiger partial charge in [0.25, 0.3) is 0 Å². The molecule has 1 aliphatic heterocycles. The molecule has 0 spiro atoms. The highest BCUT2D eigenvalue weighted by Gasteiger charge is 2.54. The van der Waals surface area contributed by atoms with Crippen LogP contribution in [0.15, 0.2) is 12.3 Å². The van der Waals surface area contributed by atoms with E-state index in [1.165, 1.54) is 0 Å². The van der Waals surface area contributed by atoms with Gasteiger partial charge >= 0.3 is 0 Å². The van der Waals surface area contributed by atoms with E-state index < -0.39 is 5.60 Å². The third kappa shape index (κ3) is 1.67. The molecule has 3 heteroatoms. The lowest BCUT2D eigenvalue weighted by Crippen LogP contribution is -2.21. The predicted molar refractivity (Wildman–Crippen MR) is 46.8 cm³/mol. The van der Waals surface area contributed by atoms with Crippen LogP contribution in [0.2, 0.25) is 0 Å². The van der Waals surface area contributed by atoms with Gasteiger partial charge in [-0.3, -0.25) is 4.79 Å². The summed E-state index contributed by atoms with van der Waals surface area (Å²) in [7, 11) is 3.76. The number of hydrogen-bond acceptors (Lipinski definition) is 3. The van der Waals surface area contributed by atoms with Crippen LogP contribution in [0.4, 0.5) is 0 Å². The van der Waals surface area contributed by atoms with E-state index in [4.69, 9.17) is 4.74 Å². The molecular formula is C9H15NO2. The maximum Gasteiger partial charge on any atom is 0.191 e. The van der Waals surface area contributed by atoms with E-state index in [0.717, 1.165) is 0 Å². The molecular weight excluding hydrogens is 154 g/mol. The number of rotatable bonds is 3. The van der Waals surface area contributed by atoms with Crippen molar-refractivity contribution in [3.8, 4) is 0 Å². The zero-order chi connectivity index (χ0) is 9.35. The van der Waals surface area contributed by atoms with E-state index in [0.29, 0.717) is 0 Å². The zero-order valence-electron chi connectivity index (χ0n) is 8.00. The number of epoxide rings is 1. The third-order valence-electron chi connectivity index (χ3n) is 2.15. The lowest BCUT2D eigenvalue weighted by molar-refractivity contribution is -0.118. The second-order valence-electron chi connectivity index (χ2n) is 3.51. The van der Waals surface area contributed by atoms with Crippen molar-refractivity contribution in [3.05, 3.63) is 12.3 Å². The van der Waals surface area contributed by atoms with E-state index >= 15 is 0 Å². The predicted octanol–water partition coefficient (Wildman–Crippen LogP) is 0.808. The molecule has 1 rings (SSSR count). The van der Waals surface area contributed by atoms with Crippen molar-refractivity contribution in [1.29, 1.82) is 0 Å². The molecule has 0 radical (unpaired) electrons. The van der Waals surface area contributed by atoms with E-state index in [-0.39, 0.29) is 11.9 Å². The molecule has 0 N–H and O–H groups in total. The van der Waals surface area contributed by atoms with Gasteiger partial charge in [0.1, 0.15) is 0 Å². The molecule has 0 bridgehead atoms. The Hall–Kier alpha value is -0.830. The van der Waals surface area contributed by atoms with Crippen LogP contribution < -0.4 is 0 Å². The number of hydrogen-bond donors (Lipinski definition) is 0. The Bertz CT molecular complexity index is 223. The van der Waals surface area contributed by atoms with Crippen molar-refractivity contribution in [3.63, 3.8) is 0 Å². The van der Waals surface area contributed by atoms with E-state index in [9.17, 15) is 4.79 Å². The van der Waals surface area contributed by atoms with Gasteiger partial charge < -0.3 is 9.64 Å². The summed E-state index contributed by atoms with van der Waals surface area (Å²) in [6, 6.07) is 0. The standard InChI is InChI=1S/C9H15NO2/c1-7-9(2,12-7)8(11)5-6-10(3)4/h5-7H,1-4H3/b6-5+/t7-,9+/m0/s1. The Kier molecular flexibility index (Phi) is 2.24. The maximum atomic E-state index is 11.4. The summed E-state index contributed by atoms with van der Waals surface area (Å²) in [6.45, 7) is 3.72. The molecule has 68 valence electrons. The second kappa shape index (κ2) is 2.90. The van der Waals surface area contributed by atoms with Crippen molar-refractivity contribution >= 4 is 5.78 Å². The van der Waals surface area contributed by atoms with Crippen molar-refractivity contribution in [2.45, 2.75) is 25.6 Å². The minimum Gasteiger partial charge on any atom is -0.383 e. The molecule has 1 aliphatic rings. The van der Waals surface area contributed by atoms with Crippen LogP contribution in [0.1, 0.15) is 13.8 Å². The first-order valence-electron chi connectivity index (χ1n) is 4.03. The molecule has 3 nitrogen and oxygen atoms in total. The SMILES string of the molecule is C[C@@H]1O[C@@]1(C)C(=O)/C=C/N(C)C. The van der Waals surface area contributed by atoms with Crippen molar-refractivity contribution < 1.29 is 9.53 Å². The molecule has 12 heavy (non-hydrogen) atoms. The third-order valence-corrected chi connectivity index (χ3v) is 2.15. The molecule has 0 unspecified atom stereocenters. The summed E-state index contributed by atoms with van der Waals surface area (Å²) in [6.07, 6.45) is 3.36. The van der Waals surface area contributed by atoms with Crippen LogP contribution >= 0.6 is 0 Å². The largest absolute Gasteiger partial charge is 0.383 e. The van der Waals surface area contributed by atoms with Gasteiger partial charge in [0.05, 0.1) is 6.10 Å². The fourth-order valence-corrected chi connectivity index (χ4v) is 0.974. The van der Waals surface area contributed by atoms with Gasteiger partial charge in [0.15, 0.2) is 11.4 Å². The number of ketones is 1. The topological polar surface area (TPSA) is 32.8 Å².